The Morgan fingerprint density at radius 3 is 2.67 bits per heavy atom. The Morgan fingerprint density at radius 1 is 1.15 bits per heavy atom. The van der Waals surface area contributed by atoms with Crippen LogP contribution < -0.4 is 24.8 Å². The summed E-state index contributed by atoms with van der Waals surface area (Å²) in [6.45, 7) is 2.16. The van der Waals surface area contributed by atoms with Crippen molar-refractivity contribution in [2.24, 2.45) is 0 Å². The number of ether oxygens (including phenoxy) is 3. The van der Waals surface area contributed by atoms with Crippen LogP contribution in [0.15, 0.2) is 36.4 Å². The molecule has 2 N–H and O–H groups in total. The number of carbonyl (C=O) groups excluding carboxylic acids is 2. The van der Waals surface area contributed by atoms with E-state index in [0.717, 1.165) is 5.69 Å². The van der Waals surface area contributed by atoms with Crippen molar-refractivity contribution in [3.63, 3.8) is 0 Å². The van der Waals surface area contributed by atoms with Gasteiger partial charge in [-0.05, 0) is 37.3 Å². The largest absolute Gasteiger partial charge is 0.493 e. The van der Waals surface area contributed by atoms with Gasteiger partial charge in [-0.2, -0.15) is 0 Å². The first kappa shape index (κ1) is 18.6. The highest BCUT2D eigenvalue weighted by Crippen LogP contribution is 2.32. The number of ketones is 1. The molecule has 0 radical (unpaired) electrons. The van der Waals surface area contributed by atoms with Crippen molar-refractivity contribution < 1.29 is 23.8 Å². The summed E-state index contributed by atoms with van der Waals surface area (Å²) in [5.74, 6) is 1.56. The number of hydrogen-bond donors (Lipinski definition) is 2. The molecule has 0 bridgehead atoms. The monoisotopic (exact) mass is 370 g/mol. The Morgan fingerprint density at radius 2 is 1.93 bits per heavy atom. The van der Waals surface area contributed by atoms with Gasteiger partial charge in [0.05, 0.1) is 19.9 Å². The fourth-order valence-corrected chi connectivity index (χ4v) is 2.79. The molecule has 142 valence electrons. The Balaban J connectivity index is 1.59. The molecule has 2 aromatic carbocycles. The number of carbonyl (C=O) groups is 2. The maximum absolute atomic E-state index is 12.4. The lowest BCUT2D eigenvalue weighted by Gasteiger charge is -2.23. The van der Waals surface area contributed by atoms with Gasteiger partial charge in [0.2, 0.25) is 0 Å². The van der Waals surface area contributed by atoms with Gasteiger partial charge in [-0.1, -0.05) is 0 Å². The minimum absolute atomic E-state index is 0.00134. The van der Waals surface area contributed by atoms with Crippen LogP contribution in [-0.4, -0.2) is 38.6 Å². The van der Waals surface area contributed by atoms with Crippen LogP contribution in [0.25, 0.3) is 0 Å². The molecule has 1 atom stereocenters. The number of rotatable bonds is 7. The van der Waals surface area contributed by atoms with Gasteiger partial charge in [0.25, 0.3) is 5.91 Å². The van der Waals surface area contributed by atoms with Crippen LogP contribution in [0.3, 0.4) is 0 Å². The standard InChI is InChI=1S/C20H22N2O5/c1-12-20(24)22-15-6-5-14(11-18(15)27-12)21-9-8-16(23)13-4-7-17(25-2)19(10-13)26-3/h4-7,10-12,21H,8-9H2,1-3H3,(H,22,24). The Bertz CT molecular complexity index is 865. The number of methoxy groups -OCH3 is 2. The first-order valence-electron chi connectivity index (χ1n) is 8.62. The Kier molecular flexibility index (Phi) is 5.49. The van der Waals surface area contributed by atoms with Gasteiger partial charge in [0.1, 0.15) is 5.75 Å². The van der Waals surface area contributed by atoms with Crippen LogP contribution in [0.4, 0.5) is 11.4 Å². The molecule has 1 aliphatic heterocycles. The van der Waals surface area contributed by atoms with Crippen molar-refractivity contribution in [2.75, 3.05) is 31.4 Å². The first-order valence-corrected chi connectivity index (χ1v) is 8.62. The summed E-state index contributed by atoms with van der Waals surface area (Å²) >= 11 is 0. The van der Waals surface area contributed by atoms with Crippen molar-refractivity contribution in [1.82, 2.24) is 0 Å². The fourth-order valence-electron chi connectivity index (χ4n) is 2.79. The lowest BCUT2D eigenvalue weighted by Crippen LogP contribution is -2.34. The van der Waals surface area contributed by atoms with E-state index in [1.807, 2.05) is 12.1 Å². The highest BCUT2D eigenvalue weighted by molar-refractivity contribution is 5.98. The van der Waals surface area contributed by atoms with E-state index in [1.165, 1.54) is 7.11 Å². The maximum atomic E-state index is 12.4. The third-order valence-corrected chi connectivity index (χ3v) is 4.30. The van der Waals surface area contributed by atoms with Gasteiger partial charge in [0.15, 0.2) is 23.4 Å². The molecular weight excluding hydrogens is 348 g/mol. The maximum Gasteiger partial charge on any atom is 0.265 e. The predicted octanol–water partition coefficient (Wildman–Crippen LogP) is 3.11. The summed E-state index contributed by atoms with van der Waals surface area (Å²) in [5.41, 5.74) is 2.03. The van der Waals surface area contributed by atoms with Crippen LogP contribution in [0.2, 0.25) is 0 Å². The van der Waals surface area contributed by atoms with Crippen LogP contribution in [0, 0.1) is 0 Å². The molecule has 0 saturated carbocycles. The molecule has 1 aliphatic rings. The first-order chi connectivity index (χ1) is 13.0. The van der Waals surface area contributed by atoms with E-state index in [9.17, 15) is 9.59 Å². The van der Waals surface area contributed by atoms with E-state index >= 15 is 0 Å². The molecule has 0 spiro atoms. The second-order valence-electron chi connectivity index (χ2n) is 6.13. The van der Waals surface area contributed by atoms with Gasteiger partial charge in [0, 0.05) is 30.3 Å². The van der Waals surface area contributed by atoms with Crippen molar-refractivity contribution in [3.8, 4) is 17.2 Å². The number of fused-ring (bicyclic) bond motifs is 1. The zero-order valence-electron chi connectivity index (χ0n) is 15.5. The van der Waals surface area contributed by atoms with Gasteiger partial charge in [-0.15, -0.1) is 0 Å². The Labute approximate surface area is 157 Å². The molecule has 0 saturated heterocycles. The second-order valence-corrected chi connectivity index (χ2v) is 6.13. The molecule has 0 aliphatic carbocycles. The zero-order chi connectivity index (χ0) is 19.4. The van der Waals surface area contributed by atoms with Crippen LogP contribution in [0.1, 0.15) is 23.7 Å². The van der Waals surface area contributed by atoms with Gasteiger partial charge < -0.3 is 24.8 Å². The number of nitrogens with one attached hydrogen (secondary N) is 2. The topological polar surface area (TPSA) is 85.9 Å². The second kappa shape index (κ2) is 7.99. The number of anilines is 2. The summed E-state index contributed by atoms with van der Waals surface area (Å²) in [5, 5.41) is 5.99. The lowest BCUT2D eigenvalue weighted by atomic mass is 10.1. The summed E-state index contributed by atoms with van der Waals surface area (Å²) in [6.07, 6.45) is -0.208. The highest BCUT2D eigenvalue weighted by Gasteiger charge is 2.23. The number of Topliss-reactive ketones (excluding diaryl/α,β-unsaturated/α-hetero) is 1. The van der Waals surface area contributed by atoms with Crippen LogP contribution in [0.5, 0.6) is 17.2 Å². The van der Waals surface area contributed by atoms with Crippen molar-refractivity contribution in [1.29, 1.82) is 0 Å². The average molecular weight is 370 g/mol. The molecule has 1 amide bonds. The van der Waals surface area contributed by atoms with Gasteiger partial charge in [-0.3, -0.25) is 9.59 Å². The van der Waals surface area contributed by atoms with E-state index in [1.54, 1.807) is 38.3 Å². The Hall–Kier alpha value is -3.22. The summed E-state index contributed by atoms with van der Waals surface area (Å²) < 4.78 is 16.0. The van der Waals surface area contributed by atoms with Crippen LogP contribution in [-0.2, 0) is 4.79 Å². The smallest absolute Gasteiger partial charge is 0.265 e. The minimum Gasteiger partial charge on any atom is -0.493 e. The fraction of sp³-hybridized carbons (Fsp3) is 0.300. The van der Waals surface area contributed by atoms with E-state index in [-0.39, 0.29) is 11.7 Å². The molecular formula is C20H22N2O5. The van der Waals surface area contributed by atoms with Crippen molar-refractivity contribution in [3.05, 3.63) is 42.0 Å². The zero-order valence-corrected chi connectivity index (χ0v) is 15.5. The molecule has 7 heteroatoms. The summed E-state index contributed by atoms with van der Waals surface area (Å²) in [7, 11) is 3.09. The average Bonchev–Trinajstić information content (AvgIpc) is 2.68. The lowest BCUT2D eigenvalue weighted by molar-refractivity contribution is -0.122. The van der Waals surface area contributed by atoms with Gasteiger partial charge >= 0.3 is 0 Å². The molecule has 3 rings (SSSR count). The molecule has 0 fully saturated rings. The molecule has 1 unspecified atom stereocenters. The SMILES string of the molecule is COc1ccc(C(=O)CCNc2ccc3c(c2)OC(C)C(=O)N3)cc1OC. The van der Waals surface area contributed by atoms with E-state index in [4.69, 9.17) is 14.2 Å². The molecule has 27 heavy (non-hydrogen) atoms. The number of hydrogen-bond acceptors (Lipinski definition) is 6. The number of benzene rings is 2. The molecule has 7 nitrogen and oxygen atoms in total. The summed E-state index contributed by atoms with van der Waals surface area (Å²) in [6, 6.07) is 10.5. The third kappa shape index (κ3) is 4.13. The van der Waals surface area contributed by atoms with E-state index < -0.39 is 6.10 Å². The van der Waals surface area contributed by atoms with Crippen molar-refractivity contribution >= 4 is 23.1 Å². The molecule has 0 aromatic heterocycles. The van der Waals surface area contributed by atoms with Crippen LogP contribution >= 0.6 is 0 Å². The third-order valence-electron chi connectivity index (χ3n) is 4.30. The van der Waals surface area contributed by atoms with E-state index in [2.05, 4.69) is 10.6 Å². The van der Waals surface area contributed by atoms with E-state index in [0.29, 0.717) is 41.5 Å². The normalized spacial score (nSPS) is 15.2. The molecule has 1 heterocycles. The summed E-state index contributed by atoms with van der Waals surface area (Å²) in [4.78, 5) is 24.0. The number of amides is 1. The van der Waals surface area contributed by atoms with Gasteiger partial charge in [-0.25, -0.2) is 0 Å². The minimum atomic E-state index is -0.528. The molecule has 2 aromatic rings. The van der Waals surface area contributed by atoms with Crippen molar-refractivity contribution in [2.45, 2.75) is 19.4 Å². The predicted molar refractivity (Wildman–Crippen MR) is 102 cm³/mol. The quantitative estimate of drug-likeness (QED) is 0.729. The highest BCUT2D eigenvalue weighted by atomic mass is 16.5.